The van der Waals surface area contributed by atoms with Crippen molar-refractivity contribution in [1.82, 2.24) is 9.30 Å². The Bertz CT molecular complexity index is 1370. The van der Waals surface area contributed by atoms with Gasteiger partial charge in [0.05, 0.1) is 26.9 Å². The first-order valence-corrected chi connectivity index (χ1v) is 10.8. The van der Waals surface area contributed by atoms with Crippen molar-refractivity contribution >= 4 is 49.1 Å². The van der Waals surface area contributed by atoms with Crippen LogP contribution in [0, 0.1) is 24.7 Å². The molecule has 0 fully saturated rings. The minimum atomic E-state index is -0.646. The number of nitrogens with zero attached hydrogens (tertiary/aromatic N) is 2. The van der Waals surface area contributed by atoms with Crippen LogP contribution in [0.4, 0.5) is 0 Å². The maximum atomic E-state index is 12.8. The van der Waals surface area contributed by atoms with Crippen LogP contribution in [0.15, 0.2) is 36.4 Å². The van der Waals surface area contributed by atoms with Crippen molar-refractivity contribution < 1.29 is 9.63 Å². The Morgan fingerprint density at radius 2 is 1.52 bits per heavy atom. The first-order valence-electron chi connectivity index (χ1n) is 9.21. The van der Waals surface area contributed by atoms with Gasteiger partial charge in [0.1, 0.15) is 5.52 Å². The minimum absolute atomic E-state index is 0.0822. The molecule has 2 aromatic heterocycles. The summed E-state index contributed by atoms with van der Waals surface area (Å²) in [7, 11) is 0. The molecule has 2 aromatic carbocycles. The number of hydrogen-bond acceptors (Lipinski definition) is 6. The number of aromatic nitrogens is 2. The number of benzene rings is 2. The molecule has 0 unspecified atom stereocenters. The fourth-order valence-corrected chi connectivity index (χ4v) is 5.61. The molecule has 0 bridgehead atoms. The number of hydrogen-bond donors (Lipinski definition) is 2. The molecule has 2 N–H and O–H groups in total. The highest BCUT2D eigenvalue weighted by Gasteiger charge is 2.29. The maximum absolute atomic E-state index is 12.8. The lowest BCUT2D eigenvalue weighted by atomic mass is 10.00. The van der Waals surface area contributed by atoms with E-state index in [4.69, 9.17) is 15.7 Å². The number of aryl methyl sites for hydroxylation is 2. The van der Waals surface area contributed by atoms with Crippen molar-refractivity contribution in [2.45, 2.75) is 39.7 Å². The molecule has 0 aliphatic carbocycles. The van der Waals surface area contributed by atoms with Crippen LogP contribution in [0.3, 0.4) is 0 Å². The Kier molecular flexibility index (Phi) is 4.71. The Morgan fingerprint density at radius 3 is 2.17 bits per heavy atom. The van der Waals surface area contributed by atoms with E-state index in [2.05, 4.69) is 6.07 Å². The largest absolute Gasteiger partial charge is 0.335 e. The van der Waals surface area contributed by atoms with E-state index < -0.39 is 11.5 Å². The number of nitrogens with one attached hydrogen (secondary N) is 2. The number of fused-ring (bicyclic) bond motifs is 2. The molecule has 8 heteroatoms. The van der Waals surface area contributed by atoms with Crippen LogP contribution in [0.1, 0.15) is 31.4 Å². The first-order chi connectivity index (χ1) is 13.7. The molecule has 2 heterocycles. The van der Waals surface area contributed by atoms with Gasteiger partial charge in [0.25, 0.3) is 0 Å². The molecule has 150 valence electrons. The van der Waals surface area contributed by atoms with Crippen LogP contribution in [0.2, 0.25) is 0 Å². The first kappa shape index (κ1) is 19.6. The molecule has 4 rings (SSSR count). The van der Waals surface area contributed by atoms with E-state index in [1.54, 1.807) is 0 Å². The highest BCUT2D eigenvalue weighted by molar-refractivity contribution is 7.16. The van der Waals surface area contributed by atoms with Gasteiger partial charge in [-0.2, -0.15) is 0 Å². The van der Waals surface area contributed by atoms with E-state index in [0.29, 0.717) is 10.3 Å². The zero-order valence-corrected chi connectivity index (χ0v) is 18.3. The molecule has 0 radical (unpaired) electrons. The van der Waals surface area contributed by atoms with Crippen molar-refractivity contribution in [1.29, 1.82) is 10.8 Å². The zero-order chi connectivity index (χ0) is 20.9. The number of thiazole rings is 2. The normalized spacial score (nSPS) is 12.0. The second-order valence-electron chi connectivity index (χ2n) is 7.84. The smallest absolute Gasteiger partial charge is 0.334 e. The molecule has 6 nitrogen and oxygen atoms in total. The van der Waals surface area contributed by atoms with E-state index in [1.165, 1.54) is 27.4 Å². The SMILES string of the molecule is Cc1ccc2c(c1)sc(=N)n2OC(=O)CC(C)(C)n1c(=N)sc2cc(C)ccc21. The molecule has 0 amide bonds. The predicted molar refractivity (Wildman–Crippen MR) is 116 cm³/mol. The summed E-state index contributed by atoms with van der Waals surface area (Å²) in [6.45, 7) is 7.88. The lowest BCUT2D eigenvalue weighted by Gasteiger charge is -2.26. The highest BCUT2D eigenvalue weighted by atomic mass is 32.1. The van der Waals surface area contributed by atoms with Gasteiger partial charge in [-0.15, -0.1) is 4.73 Å². The van der Waals surface area contributed by atoms with Gasteiger partial charge in [0.15, 0.2) is 4.80 Å². The maximum Gasteiger partial charge on any atom is 0.335 e. The fraction of sp³-hybridized carbons (Fsp3) is 0.286. The van der Waals surface area contributed by atoms with Gasteiger partial charge in [-0.05, 0) is 63.1 Å². The summed E-state index contributed by atoms with van der Waals surface area (Å²) in [5, 5.41) is 16.6. The number of carbonyl (C=O) groups is 1. The monoisotopic (exact) mass is 426 g/mol. The lowest BCUT2D eigenvalue weighted by molar-refractivity contribution is -0.146. The molecule has 0 saturated heterocycles. The quantitative estimate of drug-likeness (QED) is 0.515. The van der Waals surface area contributed by atoms with Crippen molar-refractivity contribution in [2.24, 2.45) is 0 Å². The van der Waals surface area contributed by atoms with E-state index in [0.717, 1.165) is 26.0 Å². The van der Waals surface area contributed by atoms with Crippen molar-refractivity contribution in [2.75, 3.05) is 0 Å². The van der Waals surface area contributed by atoms with E-state index in [-0.39, 0.29) is 11.2 Å². The third kappa shape index (κ3) is 3.54. The number of carbonyl (C=O) groups excluding carboxylic acids is 1. The molecule has 0 saturated carbocycles. The Hall–Kier alpha value is -2.71. The van der Waals surface area contributed by atoms with Crippen LogP contribution in [-0.4, -0.2) is 15.3 Å². The third-order valence-corrected chi connectivity index (χ3v) is 6.70. The van der Waals surface area contributed by atoms with Crippen LogP contribution in [-0.2, 0) is 10.3 Å². The average molecular weight is 427 g/mol. The number of rotatable bonds is 4. The summed E-state index contributed by atoms with van der Waals surface area (Å²) >= 11 is 2.68. The zero-order valence-electron chi connectivity index (χ0n) is 16.7. The predicted octanol–water partition coefficient (Wildman–Crippen LogP) is 4.08. The molecular weight excluding hydrogens is 404 g/mol. The van der Waals surface area contributed by atoms with Crippen molar-refractivity contribution in [3.63, 3.8) is 0 Å². The van der Waals surface area contributed by atoms with Gasteiger partial charge < -0.3 is 9.40 Å². The topological polar surface area (TPSA) is 83.9 Å². The van der Waals surface area contributed by atoms with E-state index >= 15 is 0 Å². The second kappa shape index (κ2) is 6.96. The van der Waals surface area contributed by atoms with Gasteiger partial charge >= 0.3 is 5.97 Å². The van der Waals surface area contributed by atoms with Crippen LogP contribution in [0.5, 0.6) is 0 Å². The fourth-order valence-electron chi connectivity index (χ4n) is 3.53. The molecule has 4 aromatic rings. The molecule has 0 aliphatic rings. The summed E-state index contributed by atoms with van der Waals surface area (Å²) in [6, 6.07) is 11.9. The van der Waals surface area contributed by atoms with Gasteiger partial charge in [0.2, 0.25) is 4.80 Å². The third-order valence-electron chi connectivity index (χ3n) is 4.87. The highest BCUT2D eigenvalue weighted by Crippen LogP contribution is 2.27. The average Bonchev–Trinajstić information content (AvgIpc) is 3.10. The van der Waals surface area contributed by atoms with Crippen LogP contribution in [0.25, 0.3) is 20.4 Å². The summed E-state index contributed by atoms with van der Waals surface area (Å²) in [4.78, 5) is 18.9. The van der Waals surface area contributed by atoms with Crippen molar-refractivity contribution in [3.05, 3.63) is 57.1 Å². The van der Waals surface area contributed by atoms with Crippen LogP contribution < -0.4 is 14.4 Å². The van der Waals surface area contributed by atoms with Gasteiger partial charge in [-0.1, -0.05) is 34.8 Å². The van der Waals surface area contributed by atoms with Gasteiger partial charge in [0, 0.05) is 0 Å². The molecule has 0 spiro atoms. The standard InChI is InChI=1S/C21H22N4O2S2/c1-12-5-7-14-16(9-12)28-19(22)24(14)21(3,4)11-18(26)27-25-15-8-6-13(2)10-17(15)29-20(25)23/h5-10,22-23H,11H2,1-4H3. The van der Waals surface area contributed by atoms with Gasteiger partial charge in [-0.3, -0.25) is 10.8 Å². The van der Waals surface area contributed by atoms with Crippen LogP contribution >= 0.6 is 22.7 Å². The summed E-state index contributed by atoms with van der Waals surface area (Å²) in [5.74, 6) is -0.438. The molecule has 29 heavy (non-hydrogen) atoms. The summed E-state index contributed by atoms with van der Waals surface area (Å²) < 4.78 is 5.11. The second-order valence-corrected chi connectivity index (χ2v) is 9.90. The Balaban J connectivity index is 1.65. The van der Waals surface area contributed by atoms with E-state index in [9.17, 15) is 4.79 Å². The lowest BCUT2D eigenvalue weighted by Crippen LogP contribution is -2.38. The van der Waals surface area contributed by atoms with E-state index in [1.807, 2.05) is 62.6 Å². The molecule has 0 aliphatic heterocycles. The van der Waals surface area contributed by atoms with Crippen molar-refractivity contribution in [3.8, 4) is 0 Å². The Morgan fingerprint density at radius 1 is 0.966 bits per heavy atom. The molecule has 0 atom stereocenters. The summed E-state index contributed by atoms with van der Waals surface area (Å²) in [6.07, 6.45) is 0.0822. The van der Waals surface area contributed by atoms with Gasteiger partial charge in [-0.25, -0.2) is 4.79 Å². The Labute approximate surface area is 175 Å². The minimum Gasteiger partial charge on any atom is -0.334 e. The summed E-state index contributed by atoms with van der Waals surface area (Å²) in [5.41, 5.74) is 3.24. The molecular formula is C21H22N4O2S2.